The summed E-state index contributed by atoms with van der Waals surface area (Å²) in [7, 11) is 0. The second kappa shape index (κ2) is 10.3. The van der Waals surface area contributed by atoms with Crippen LogP contribution in [-0.4, -0.2) is 41.7 Å². The van der Waals surface area contributed by atoms with Gasteiger partial charge in [-0.3, -0.25) is 10.3 Å². The molecule has 4 N–H and O–H groups in total. The van der Waals surface area contributed by atoms with Gasteiger partial charge in [0.1, 0.15) is 16.9 Å². The van der Waals surface area contributed by atoms with Gasteiger partial charge < -0.3 is 19.8 Å². The van der Waals surface area contributed by atoms with Crippen molar-refractivity contribution in [3.63, 3.8) is 0 Å². The molecule has 3 fully saturated rings. The molecule has 2 aliphatic carbocycles. The molecule has 0 aromatic carbocycles. The van der Waals surface area contributed by atoms with E-state index in [1.807, 2.05) is 12.1 Å². The van der Waals surface area contributed by atoms with E-state index in [4.69, 9.17) is 19.8 Å². The number of rotatable bonds is 8. The summed E-state index contributed by atoms with van der Waals surface area (Å²) in [6.45, 7) is 7.00. The molecule has 11 nitrogen and oxygen atoms in total. The predicted octanol–water partition coefficient (Wildman–Crippen LogP) is 4.15. The van der Waals surface area contributed by atoms with Gasteiger partial charge in [-0.1, -0.05) is 26.2 Å². The number of carbonyl (C=O) groups excluding carboxylic acids is 1. The maximum atomic E-state index is 12.0. The molecule has 6 rings (SSSR count). The van der Waals surface area contributed by atoms with Crippen LogP contribution in [0.3, 0.4) is 0 Å². The van der Waals surface area contributed by atoms with Crippen molar-refractivity contribution < 1.29 is 14.7 Å². The van der Waals surface area contributed by atoms with Gasteiger partial charge in [-0.05, 0) is 75.0 Å². The summed E-state index contributed by atoms with van der Waals surface area (Å²) in [5, 5.41) is 18.3. The molecule has 3 aliphatic rings. The first-order chi connectivity index (χ1) is 18.8. The molecule has 1 aliphatic heterocycles. The molecule has 2 saturated carbocycles. The summed E-state index contributed by atoms with van der Waals surface area (Å²) >= 11 is 0. The lowest BCUT2D eigenvalue weighted by molar-refractivity contribution is 0.0865. The molecule has 3 aromatic heterocycles. The van der Waals surface area contributed by atoms with Gasteiger partial charge in [-0.2, -0.15) is 0 Å². The number of nitrogens with one attached hydrogen (secondary N) is 3. The summed E-state index contributed by atoms with van der Waals surface area (Å²) in [6.07, 6.45) is 10.4. The summed E-state index contributed by atoms with van der Waals surface area (Å²) in [5.74, 6) is 3.30. The van der Waals surface area contributed by atoms with Gasteiger partial charge >= 0.3 is 6.09 Å². The third kappa shape index (κ3) is 5.05. The molecular formula is C28H38N8O3. The monoisotopic (exact) mass is 534 g/mol. The van der Waals surface area contributed by atoms with Gasteiger partial charge in [-0.15, -0.1) is 5.48 Å². The van der Waals surface area contributed by atoms with Crippen LogP contribution in [0.4, 0.5) is 10.6 Å². The van der Waals surface area contributed by atoms with Gasteiger partial charge in [0, 0.05) is 25.0 Å². The highest BCUT2D eigenvalue weighted by atomic mass is 16.7. The van der Waals surface area contributed by atoms with Crippen LogP contribution in [0.25, 0.3) is 11.2 Å². The zero-order chi connectivity index (χ0) is 27.1. The fourth-order valence-corrected chi connectivity index (χ4v) is 6.09. The molecule has 1 amide bonds. The van der Waals surface area contributed by atoms with Crippen molar-refractivity contribution in [2.24, 2.45) is 17.8 Å². The van der Waals surface area contributed by atoms with Gasteiger partial charge in [0.05, 0.1) is 0 Å². The highest BCUT2D eigenvalue weighted by Gasteiger charge is 2.36. The summed E-state index contributed by atoms with van der Waals surface area (Å²) < 4.78 is 2.13. The van der Waals surface area contributed by atoms with E-state index in [-0.39, 0.29) is 6.04 Å². The fourth-order valence-electron chi connectivity index (χ4n) is 6.09. The van der Waals surface area contributed by atoms with Gasteiger partial charge in [-0.25, -0.2) is 19.7 Å². The normalized spacial score (nSPS) is 25.9. The van der Waals surface area contributed by atoms with E-state index in [1.54, 1.807) is 19.3 Å². The first-order valence-electron chi connectivity index (χ1n) is 14.2. The molecule has 11 heteroatoms. The molecule has 0 bridgehead atoms. The van der Waals surface area contributed by atoms with Crippen molar-refractivity contribution in [3.8, 4) is 0 Å². The smallest absolute Gasteiger partial charge is 0.377 e. The van der Waals surface area contributed by atoms with Gasteiger partial charge in [0.2, 0.25) is 0 Å². The molecule has 39 heavy (non-hydrogen) atoms. The lowest BCUT2D eigenvalue weighted by Gasteiger charge is -2.33. The Morgan fingerprint density at radius 3 is 2.54 bits per heavy atom. The fraction of sp³-hybridized carbons (Fsp3) is 0.607. The van der Waals surface area contributed by atoms with Crippen LogP contribution >= 0.6 is 0 Å². The first kappa shape index (κ1) is 25.9. The quantitative estimate of drug-likeness (QED) is 0.336. The van der Waals surface area contributed by atoms with E-state index in [2.05, 4.69) is 39.5 Å². The molecule has 3 aromatic rings. The number of hydroxylamine groups is 1. The van der Waals surface area contributed by atoms with E-state index in [0.29, 0.717) is 40.5 Å². The third-order valence-electron chi connectivity index (χ3n) is 8.89. The Morgan fingerprint density at radius 1 is 1.15 bits per heavy atom. The van der Waals surface area contributed by atoms with Crippen LogP contribution in [0.1, 0.15) is 89.1 Å². The first-order valence-corrected chi connectivity index (χ1v) is 14.2. The molecule has 0 spiro atoms. The lowest BCUT2D eigenvalue weighted by atomic mass is 9.80. The summed E-state index contributed by atoms with van der Waals surface area (Å²) in [4.78, 5) is 35.4. The largest absolute Gasteiger partial charge is 0.427 e. The maximum Gasteiger partial charge on any atom is 0.427 e. The zero-order valence-electron chi connectivity index (χ0n) is 22.9. The van der Waals surface area contributed by atoms with Crippen molar-refractivity contribution in [2.75, 3.05) is 5.32 Å². The Hall–Kier alpha value is -3.31. The second-order valence-electron chi connectivity index (χ2n) is 11.8. The highest BCUT2D eigenvalue weighted by molar-refractivity contribution is 5.84. The Bertz CT molecular complexity index is 1330. The molecular weight excluding hydrogens is 496 g/mol. The number of anilines is 1. The van der Waals surface area contributed by atoms with Crippen molar-refractivity contribution in [1.29, 1.82) is 0 Å². The number of aliphatic hydroxyl groups is 1. The molecule has 0 radical (unpaired) electrons. The Labute approximate surface area is 228 Å². The minimum atomic E-state index is -1.38. The standard InChI is InChI=1S/C28H38N8O3/c1-16-7-9-18(10-8-16)15-36-21-22(30-17(2)19-5-4-6-19)31-24(25-34-27(37)39-35-25)32-23(21)33-26(36)28(3,38)20-11-13-29-14-12-20/h11-14,16-19,25,35,38H,4-10,15H2,1-3H3,(H,34,37)(H,30,31,32)/t16?,17-,18?,25?,28?/m1/s1. The minimum absolute atomic E-state index is 0.204. The van der Waals surface area contributed by atoms with Crippen LogP contribution in [-0.2, 0) is 17.0 Å². The molecule has 2 unspecified atom stereocenters. The van der Waals surface area contributed by atoms with Gasteiger partial charge in [0.15, 0.2) is 23.5 Å². The van der Waals surface area contributed by atoms with Crippen LogP contribution in [0.5, 0.6) is 0 Å². The molecule has 4 heterocycles. The van der Waals surface area contributed by atoms with E-state index in [0.717, 1.165) is 30.8 Å². The Kier molecular flexibility index (Phi) is 6.88. The Morgan fingerprint density at radius 2 is 1.90 bits per heavy atom. The molecule has 3 atom stereocenters. The van der Waals surface area contributed by atoms with E-state index in [9.17, 15) is 9.90 Å². The van der Waals surface area contributed by atoms with Crippen molar-refractivity contribution in [2.45, 2.75) is 90.1 Å². The number of hydrogen-bond acceptors (Lipinski definition) is 9. The lowest BCUT2D eigenvalue weighted by Crippen LogP contribution is -2.32. The topological polar surface area (TPSA) is 139 Å². The highest BCUT2D eigenvalue weighted by Crippen LogP contribution is 2.38. The van der Waals surface area contributed by atoms with Gasteiger partial charge in [0.25, 0.3) is 0 Å². The van der Waals surface area contributed by atoms with E-state index in [1.165, 1.54) is 32.1 Å². The van der Waals surface area contributed by atoms with E-state index < -0.39 is 17.9 Å². The van der Waals surface area contributed by atoms with E-state index >= 15 is 0 Å². The average Bonchev–Trinajstić information content (AvgIpc) is 3.49. The number of pyridine rings is 1. The van der Waals surface area contributed by atoms with Crippen LogP contribution in [0, 0.1) is 17.8 Å². The maximum absolute atomic E-state index is 12.0. The summed E-state index contributed by atoms with van der Waals surface area (Å²) in [6, 6.07) is 3.84. The second-order valence-corrected chi connectivity index (χ2v) is 11.8. The number of hydrogen-bond donors (Lipinski definition) is 4. The number of aromatic nitrogens is 5. The zero-order valence-corrected chi connectivity index (χ0v) is 22.9. The number of carbonyl (C=O) groups is 1. The van der Waals surface area contributed by atoms with Crippen LogP contribution in [0.15, 0.2) is 24.5 Å². The molecule has 208 valence electrons. The third-order valence-corrected chi connectivity index (χ3v) is 8.89. The average molecular weight is 535 g/mol. The SMILES string of the molecule is CC1CCC(Cn2c(C(C)(O)c3ccncc3)nc3nc(C4NOC(=O)N4)nc(N[C@H](C)C4CCC4)c32)CC1. The van der Waals surface area contributed by atoms with Crippen molar-refractivity contribution in [1.82, 2.24) is 35.3 Å². The number of amides is 1. The minimum Gasteiger partial charge on any atom is -0.377 e. The number of fused-ring (bicyclic) bond motifs is 1. The van der Waals surface area contributed by atoms with Crippen LogP contribution in [0.2, 0.25) is 0 Å². The Balaban J connectivity index is 1.50. The summed E-state index contributed by atoms with van der Waals surface area (Å²) in [5.41, 5.74) is 3.22. The van der Waals surface area contributed by atoms with Crippen molar-refractivity contribution >= 4 is 23.1 Å². The number of imidazole rings is 1. The van der Waals surface area contributed by atoms with Crippen molar-refractivity contribution in [3.05, 3.63) is 41.7 Å². The number of nitrogens with zero attached hydrogens (tertiary/aromatic N) is 5. The molecule has 1 saturated heterocycles. The van der Waals surface area contributed by atoms with Crippen LogP contribution < -0.4 is 16.1 Å². The predicted molar refractivity (Wildman–Crippen MR) is 145 cm³/mol.